The number of imide groups is 1. The van der Waals surface area contributed by atoms with Gasteiger partial charge in [0, 0.05) is 6.04 Å². The lowest BCUT2D eigenvalue weighted by molar-refractivity contribution is -0.125. The Labute approximate surface area is 148 Å². The van der Waals surface area contributed by atoms with E-state index in [4.69, 9.17) is 4.74 Å². The first-order chi connectivity index (χ1) is 12.5. The molecular weight excluding hydrogens is 342 g/mol. The van der Waals surface area contributed by atoms with E-state index in [1.807, 2.05) is 0 Å². The molecule has 1 aliphatic heterocycles. The molecule has 2 aromatic carbocycles. The topological polar surface area (TPSA) is 49.9 Å². The number of ether oxygens (including phenoxy) is 1. The normalized spacial score (nSPS) is 17.2. The summed E-state index contributed by atoms with van der Waals surface area (Å²) in [6.07, 6.45) is 1.84. The van der Waals surface area contributed by atoms with Crippen molar-refractivity contribution < 1.29 is 23.1 Å². The maximum atomic E-state index is 14.3. The Balaban J connectivity index is 1.48. The number of amides is 3. The van der Waals surface area contributed by atoms with Gasteiger partial charge in [0.1, 0.15) is 6.54 Å². The molecule has 0 unspecified atom stereocenters. The molecule has 0 atom stereocenters. The van der Waals surface area contributed by atoms with Gasteiger partial charge in [0.2, 0.25) is 0 Å². The molecule has 1 saturated carbocycles. The molecule has 4 rings (SSSR count). The van der Waals surface area contributed by atoms with Crippen LogP contribution in [0.25, 0.3) is 0 Å². The summed E-state index contributed by atoms with van der Waals surface area (Å²) >= 11 is 0. The fourth-order valence-electron chi connectivity index (χ4n) is 2.94. The van der Waals surface area contributed by atoms with Crippen LogP contribution in [0.4, 0.5) is 13.6 Å². The van der Waals surface area contributed by atoms with Gasteiger partial charge in [-0.25, -0.2) is 13.6 Å². The van der Waals surface area contributed by atoms with Crippen LogP contribution in [-0.4, -0.2) is 34.3 Å². The summed E-state index contributed by atoms with van der Waals surface area (Å²) in [6.45, 7) is 0.0816. The van der Waals surface area contributed by atoms with Gasteiger partial charge in [-0.2, -0.15) is 0 Å². The quantitative estimate of drug-likeness (QED) is 0.766. The predicted molar refractivity (Wildman–Crippen MR) is 88.5 cm³/mol. The standard InChI is InChI=1S/C19H16F2N2O3/c20-14-3-1-2-4-16(14)26-17-8-5-12(9-15(17)21)10-23-18(24)11-22(19(23)25)13-6-7-13/h1-5,8-9,13H,6-7,10-11H2. The molecule has 0 N–H and O–H groups in total. The molecule has 1 heterocycles. The lowest BCUT2D eigenvalue weighted by Crippen LogP contribution is -2.33. The number of nitrogens with zero attached hydrogens (tertiary/aromatic N) is 2. The molecule has 7 heteroatoms. The van der Waals surface area contributed by atoms with E-state index in [0.29, 0.717) is 5.56 Å². The predicted octanol–water partition coefficient (Wildman–Crippen LogP) is 3.68. The highest BCUT2D eigenvalue weighted by Crippen LogP contribution is 2.31. The Morgan fingerprint density at radius 1 is 1.00 bits per heavy atom. The molecule has 1 saturated heterocycles. The zero-order valence-electron chi connectivity index (χ0n) is 13.8. The van der Waals surface area contributed by atoms with E-state index in [1.54, 1.807) is 17.0 Å². The maximum absolute atomic E-state index is 14.3. The number of para-hydroxylation sites is 1. The molecule has 0 spiro atoms. The zero-order valence-corrected chi connectivity index (χ0v) is 13.8. The molecule has 26 heavy (non-hydrogen) atoms. The molecule has 2 aliphatic rings. The number of rotatable bonds is 5. The van der Waals surface area contributed by atoms with Gasteiger partial charge in [0.15, 0.2) is 23.1 Å². The summed E-state index contributed by atoms with van der Waals surface area (Å²) in [5, 5.41) is 0. The second kappa shape index (κ2) is 6.40. The zero-order chi connectivity index (χ0) is 18.3. The number of benzene rings is 2. The first kappa shape index (κ1) is 16.5. The van der Waals surface area contributed by atoms with Crippen molar-refractivity contribution >= 4 is 11.9 Å². The van der Waals surface area contributed by atoms with E-state index in [9.17, 15) is 18.4 Å². The van der Waals surface area contributed by atoms with Crippen molar-refractivity contribution in [3.8, 4) is 11.5 Å². The van der Waals surface area contributed by atoms with Crippen molar-refractivity contribution in [1.29, 1.82) is 0 Å². The van der Waals surface area contributed by atoms with E-state index in [2.05, 4.69) is 0 Å². The lowest BCUT2D eigenvalue weighted by atomic mass is 10.2. The van der Waals surface area contributed by atoms with Gasteiger partial charge in [-0.05, 0) is 42.7 Å². The van der Waals surface area contributed by atoms with Gasteiger partial charge in [0.25, 0.3) is 5.91 Å². The van der Waals surface area contributed by atoms with Gasteiger partial charge in [-0.3, -0.25) is 9.69 Å². The van der Waals surface area contributed by atoms with Crippen LogP contribution in [0.3, 0.4) is 0 Å². The van der Waals surface area contributed by atoms with Crippen LogP contribution < -0.4 is 4.74 Å². The molecule has 1 aliphatic carbocycles. The maximum Gasteiger partial charge on any atom is 0.327 e. The lowest BCUT2D eigenvalue weighted by Gasteiger charge is -2.17. The highest BCUT2D eigenvalue weighted by molar-refractivity contribution is 6.02. The van der Waals surface area contributed by atoms with Crippen LogP contribution in [-0.2, 0) is 11.3 Å². The Kier molecular flexibility index (Phi) is 4.06. The summed E-state index contributed by atoms with van der Waals surface area (Å²) in [5.74, 6) is -1.77. The van der Waals surface area contributed by atoms with Crippen LogP contribution in [0.2, 0.25) is 0 Å². The fraction of sp³-hybridized carbons (Fsp3) is 0.263. The molecule has 0 bridgehead atoms. The van der Waals surface area contributed by atoms with Gasteiger partial charge in [-0.15, -0.1) is 0 Å². The summed E-state index contributed by atoms with van der Waals surface area (Å²) < 4.78 is 33.2. The van der Waals surface area contributed by atoms with Crippen molar-refractivity contribution in [1.82, 2.24) is 9.80 Å². The van der Waals surface area contributed by atoms with Gasteiger partial charge >= 0.3 is 6.03 Å². The third-order valence-electron chi connectivity index (χ3n) is 4.46. The van der Waals surface area contributed by atoms with Crippen LogP contribution in [0.1, 0.15) is 18.4 Å². The molecule has 0 aromatic heterocycles. The first-order valence-electron chi connectivity index (χ1n) is 8.34. The molecular formula is C19H16F2N2O3. The minimum atomic E-state index is -0.691. The molecule has 0 radical (unpaired) electrons. The molecule has 2 fully saturated rings. The van der Waals surface area contributed by atoms with Crippen molar-refractivity contribution in [2.24, 2.45) is 0 Å². The highest BCUT2D eigenvalue weighted by Gasteiger charge is 2.43. The number of carbonyl (C=O) groups excluding carboxylic acids is 2. The monoisotopic (exact) mass is 358 g/mol. The van der Waals surface area contributed by atoms with E-state index in [-0.39, 0.29) is 42.6 Å². The number of hydrogen-bond donors (Lipinski definition) is 0. The number of carbonyl (C=O) groups is 2. The summed E-state index contributed by atoms with van der Waals surface area (Å²) in [5.41, 5.74) is 0.461. The van der Waals surface area contributed by atoms with Gasteiger partial charge < -0.3 is 9.64 Å². The van der Waals surface area contributed by atoms with Crippen molar-refractivity contribution in [3.63, 3.8) is 0 Å². The Hall–Kier alpha value is -2.96. The highest BCUT2D eigenvalue weighted by atomic mass is 19.1. The second-order valence-corrected chi connectivity index (χ2v) is 6.42. The summed E-state index contributed by atoms with van der Waals surface area (Å²) in [7, 11) is 0. The smallest absolute Gasteiger partial charge is 0.327 e. The number of urea groups is 1. The average molecular weight is 358 g/mol. The van der Waals surface area contributed by atoms with E-state index >= 15 is 0 Å². The van der Waals surface area contributed by atoms with E-state index in [0.717, 1.165) is 17.7 Å². The Morgan fingerprint density at radius 3 is 2.42 bits per heavy atom. The van der Waals surface area contributed by atoms with Crippen LogP contribution >= 0.6 is 0 Å². The third kappa shape index (κ3) is 3.12. The van der Waals surface area contributed by atoms with Gasteiger partial charge in [-0.1, -0.05) is 18.2 Å². The average Bonchev–Trinajstić information content (AvgIpc) is 3.42. The summed E-state index contributed by atoms with van der Waals surface area (Å²) in [4.78, 5) is 27.1. The van der Waals surface area contributed by atoms with Crippen molar-refractivity contribution in [3.05, 3.63) is 59.7 Å². The SMILES string of the molecule is O=C1CN(C2CC2)C(=O)N1Cc1ccc(Oc2ccccc2F)c(F)c1. The largest absolute Gasteiger partial charge is 0.451 e. The van der Waals surface area contributed by atoms with E-state index < -0.39 is 11.6 Å². The fourth-order valence-corrected chi connectivity index (χ4v) is 2.94. The van der Waals surface area contributed by atoms with Crippen LogP contribution in [0.5, 0.6) is 11.5 Å². The molecule has 2 aromatic rings. The molecule has 134 valence electrons. The molecule has 3 amide bonds. The van der Waals surface area contributed by atoms with Crippen LogP contribution in [0, 0.1) is 11.6 Å². The minimum absolute atomic E-state index is 0.00220. The minimum Gasteiger partial charge on any atom is -0.451 e. The van der Waals surface area contributed by atoms with Crippen LogP contribution in [0.15, 0.2) is 42.5 Å². The third-order valence-corrected chi connectivity index (χ3v) is 4.46. The summed E-state index contributed by atoms with van der Waals surface area (Å²) in [6, 6.07) is 9.65. The number of halogens is 2. The number of hydrogen-bond acceptors (Lipinski definition) is 3. The van der Waals surface area contributed by atoms with E-state index in [1.165, 1.54) is 30.3 Å². The first-order valence-corrected chi connectivity index (χ1v) is 8.34. The Morgan fingerprint density at radius 2 is 1.73 bits per heavy atom. The van der Waals surface area contributed by atoms with Gasteiger partial charge in [0.05, 0.1) is 6.54 Å². The van der Waals surface area contributed by atoms with Crippen molar-refractivity contribution in [2.75, 3.05) is 6.54 Å². The molecule has 5 nitrogen and oxygen atoms in total. The Bertz CT molecular complexity index is 883. The second-order valence-electron chi connectivity index (χ2n) is 6.42. The van der Waals surface area contributed by atoms with Crippen molar-refractivity contribution in [2.45, 2.75) is 25.4 Å².